The van der Waals surface area contributed by atoms with Crippen LogP contribution in [0.4, 0.5) is 10.1 Å². The number of hydrogen-bond donors (Lipinski definition) is 3. The van der Waals surface area contributed by atoms with Gasteiger partial charge in [-0.2, -0.15) is 5.10 Å². The monoisotopic (exact) mass is 437 g/mol. The number of anilines is 1. The number of hydrazone groups is 1. The van der Waals surface area contributed by atoms with Gasteiger partial charge in [-0.05, 0) is 45.8 Å². The number of halogens is 2. The SMILES string of the molecule is COc1cc(C=NNC(=O)CCC(=O)Nc2ccccc2F)cc(Br)c1O. The lowest BCUT2D eigenvalue weighted by atomic mass is 10.2. The van der Waals surface area contributed by atoms with E-state index in [1.807, 2.05) is 0 Å². The minimum atomic E-state index is -0.546. The molecule has 0 aliphatic heterocycles. The molecular weight excluding hydrogens is 421 g/mol. The molecule has 27 heavy (non-hydrogen) atoms. The normalized spacial score (nSPS) is 10.6. The number of nitrogens with zero attached hydrogens (tertiary/aromatic N) is 1. The molecule has 0 heterocycles. The number of benzene rings is 2. The zero-order valence-corrected chi connectivity index (χ0v) is 15.9. The Hall–Kier alpha value is -2.94. The van der Waals surface area contributed by atoms with Crippen LogP contribution in [0.3, 0.4) is 0 Å². The molecule has 0 saturated heterocycles. The van der Waals surface area contributed by atoms with Crippen LogP contribution in [0.25, 0.3) is 0 Å². The average molecular weight is 438 g/mol. The summed E-state index contributed by atoms with van der Waals surface area (Å²) in [5, 5.41) is 15.9. The van der Waals surface area contributed by atoms with Crippen LogP contribution in [-0.4, -0.2) is 30.2 Å². The van der Waals surface area contributed by atoms with Crippen molar-refractivity contribution in [2.45, 2.75) is 12.8 Å². The summed E-state index contributed by atoms with van der Waals surface area (Å²) >= 11 is 3.18. The van der Waals surface area contributed by atoms with E-state index < -0.39 is 17.6 Å². The van der Waals surface area contributed by atoms with Gasteiger partial charge >= 0.3 is 0 Å². The number of rotatable bonds is 7. The van der Waals surface area contributed by atoms with E-state index in [-0.39, 0.29) is 30.0 Å². The summed E-state index contributed by atoms with van der Waals surface area (Å²) in [5.41, 5.74) is 2.93. The van der Waals surface area contributed by atoms with Crippen LogP contribution in [0.5, 0.6) is 11.5 Å². The van der Waals surface area contributed by atoms with E-state index in [1.165, 1.54) is 37.6 Å². The summed E-state index contributed by atoms with van der Waals surface area (Å²) in [7, 11) is 1.41. The second-order valence-electron chi connectivity index (χ2n) is 5.37. The number of aromatic hydroxyl groups is 1. The maximum atomic E-state index is 13.4. The van der Waals surface area contributed by atoms with Gasteiger partial charge in [0.2, 0.25) is 11.8 Å². The molecule has 0 fully saturated rings. The van der Waals surface area contributed by atoms with Gasteiger partial charge in [0.25, 0.3) is 0 Å². The molecule has 0 aliphatic rings. The molecule has 0 unspecified atom stereocenters. The predicted molar refractivity (Wildman–Crippen MR) is 102 cm³/mol. The standard InChI is InChI=1S/C18H17BrFN3O4/c1-27-15-9-11(8-12(19)18(15)26)10-21-23-17(25)7-6-16(24)22-14-5-3-2-4-13(14)20/h2-5,8-10,26H,6-7H2,1H3,(H,22,24)(H,23,25). The van der Waals surface area contributed by atoms with Crippen molar-refractivity contribution in [3.8, 4) is 11.5 Å². The minimum absolute atomic E-state index is 0.0421. The molecule has 0 aromatic heterocycles. The number of carbonyl (C=O) groups excluding carboxylic acids is 2. The molecule has 2 rings (SSSR count). The lowest BCUT2D eigenvalue weighted by Crippen LogP contribution is -2.21. The molecule has 2 aromatic carbocycles. The van der Waals surface area contributed by atoms with Crippen LogP contribution in [0, 0.1) is 5.82 Å². The van der Waals surface area contributed by atoms with Crippen molar-refractivity contribution in [1.82, 2.24) is 5.43 Å². The van der Waals surface area contributed by atoms with Crippen LogP contribution in [-0.2, 0) is 9.59 Å². The number of hydrogen-bond acceptors (Lipinski definition) is 5. The number of para-hydroxylation sites is 1. The summed E-state index contributed by atoms with van der Waals surface area (Å²) in [4.78, 5) is 23.5. The molecule has 3 N–H and O–H groups in total. The molecule has 0 radical (unpaired) electrons. The summed E-state index contributed by atoms with van der Waals surface area (Å²) in [6.07, 6.45) is 1.14. The van der Waals surface area contributed by atoms with E-state index in [0.29, 0.717) is 10.0 Å². The highest BCUT2D eigenvalue weighted by atomic mass is 79.9. The molecule has 0 saturated carbocycles. The molecule has 0 aliphatic carbocycles. The average Bonchev–Trinajstić information content (AvgIpc) is 2.64. The minimum Gasteiger partial charge on any atom is -0.503 e. The molecule has 9 heteroatoms. The van der Waals surface area contributed by atoms with Gasteiger partial charge in [0, 0.05) is 12.8 Å². The highest BCUT2D eigenvalue weighted by Gasteiger charge is 2.10. The van der Waals surface area contributed by atoms with E-state index >= 15 is 0 Å². The lowest BCUT2D eigenvalue weighted by Gasteiger charge is -2.06. The third kappa shape index (κ3) is 6.07. The van der Waals surface area contributed by atoms with E-state index in [4.69, 9.17) is 4.74 Å². The molecular formula is C18H17BrFN3O4. The number of methoxy groups -OCH3 is 1. The van der Waals surface area contributed by atoms with Gasteiger partial charge < -0.3 is 15.2 Å². The van der Waals surface area contributed by atoms with Crippen LogP contribution in [0.2, 0.25) is 0 Å². The molecule has 0 bridgehead atoms. The zero-order chi connectivity index (χ0) is 19.8. The predicted octanol–water partition coefficient (Wildman–Crippen LogP) is 3.17. The first-order chi connectivity index (χ1) is 12.9. The summed E-state index contributed by atoms with van der Waals surface area (Å²) in [6.45, 7) is 0. The summed E-state index contributed by atoms with van der Waals surface area (Å²) in [5.74, 6) is -1.29. The first-order valence-electron chi connectivity index (χ1n) is 7.83. The van der Waals surface area contributed by atoms with Crippen LogP contribution in [0.15, 0.2) is 46.0 Å². The highest BCUT2D eigenvalue weighted by molar-refractivity contribution is 9.10. The van der Waals surface area contributed by atoms with Gasteiger partial charge in [-0.15, -0.1) is 0 Å². The smallest absolute Gasteiger partial charge is 0.240 e. The third-order valence-electron chi connectivity index (χ3n) is 3.40. The summed E-state index contributed by atoms with van der Waals surface area (Å²) < 4.78 is 18.9. The number of nitrogens with one attached hydrogen (secondary N) is 2. The first kappa shape index (κ1) is 20.4. The fourth-order valence-electron chi connectivity index (χ4n) is 2.06. The zero-order valence-electron chi connectivity index (χ0n) is 14.3. The second kappa shape index (κ2) is 9.67. The maximum absolute atomic E-state index is 13.4. The second-order valence-corrected chi connectivity index (χ2v) is 6.23. The Morgan fingerprint density at radius 3 is 2.67 bits per heavy atom. The Bertz CT molecular complexity index is 874. The largest absolute Gasteiger partial charge is 0.503 e. The van der Waals surface area contributed by atoms with Gasteiger partial charge in [0.15, 0.2) is 11.5 Å². The van der Waals surface area contributed by atoms with Crippen molar-refractivity contribution in [3.63, 3.8) is 0 Å². The van der Waals surface area contributed by atoms with Crippen LogP contribution >= 0.6 is 15.9 Å². The molecule has 0 atom stereocenters. The quantitative estimate of drug-likeness (QED) is 0.457. The van der Waals surface area contributed by atoms with Gasteiger partial charge in [-0.1, -0.05) is 12.1 Å². The van der Waals surface area contributed by atoms with Gasteiger partial charge in [-0.25, -0.2) is 9.82 Å². The fourth-order valence-corrected chi connectivity index (χ4v) is 2.52. The molecule has 2 amide bonds. The number of phenolic OH excluding ortho intramolecular Hbond substituents is 1. The number of ether oxygens (including phenoxy) is 1. The number of carbonyl (C=O) groups is 2. The van der Waals surface area contributed by atoms with Crippen molar-refractivity contribution < 1.29 is 23.8 Å². The first-order valence-corrected chi connectivity index (χ1v) is 8.62. The Labute approximate surface area is 163 Å². The van der Waals surface area contributed by atoms with Crippen molar-refractivity contribution in [1.29, 1.82) is 0 Å². The molecule has 2 aromatic rings. The Morgan fingerprint density at radius 1 is 1.26 bits per heavy atom. The lowest BCUT2D eigenvalue weighted by molar-refractivity contribution is -0.124. The Kier molecular flexibility index (Phi) is 7.30. The highest BCUT2D eigenvalue weighted by Crippen LogP contribution is 2.34. The van der Waals surface area contributed by atoms with Crippen molar-refractivity contribution in [2.24, 2.45) is 5.10 Å². The van der Waals surface area contributed by atoms with Crippen LogP contribution in [0.1, 0.15) is 18.4 Å². The van der Waals surface area contributed by atoms with Gasteiger partial charge in [-0.3, -0.25) is 9.59 Å². The van der Waals surface area contributed by atoms with E-state index in [9.17, 15) is 19.1 Å². The van der Waals surface area contributed by atoms with Crippen molar-refractivity contribution >= 4 is 39.6 Å². The van der Waals surface area contributed by atoms with E-state index in [1.54, 1.807) is 12.1 Å². The topological polar surface area (TPSA) is 100 Å². The van der Waals surface area contributed by atoms with Crippen LogP contribution < -0.4 is 15.5 Å². The Morgan fingerprint density at radius 2 is 1.96 bits per heavy atom. The van der Waals surface area contributed by atoms with Crippen molar-refractivity contribution in [2.75, 3.05) is 12.4 Å². The maximum Gasteiger partial charge on any atom is 0.240 e. The molecule has 0 spiro atoms. The van der Waals surface area contributed by atoms with E-state index in [2.05, 4.69) is 31.8 Å². The third-order valence-corrected chi connectivity index (χ3v) is 4.01. The number of amides is 2. The van der Waals surface area contributed by atoms with E-state index in [0.717, 1.165) is 0 Å². The Balaban J connectivity index is 1.82. The van der Waals surface area contributed by atoms with Crippen molar-refractivity contribution in [3.05, 3.63) is 52.3 Å². The molecule has 7 nitrogen and oxygen atoms in total. The number of phenols is 1. The fraction of sp³-hybridized carbons (Fsp3) is 0.167. The summed E-state index contributed by atoms with van der Waals surface area (Å²) in [6, 6.07) is 8.90. The molecule has 142 valence electrons. The van der Waals surface area contributed by atoms with Gasteiger partial charge in [0.05, 0.1) is 23.5 Å². The van der Waals surface area contributed by atoms with Gasteiger partial charge in [0.1, 0.15) is 5.82 Å².